The van der Waals surface area contributed by atoms with Crippen molar-refractivity contribution in [3.05, 3.63) is 35.4 Å². The van der Waals surface area contributed by atoms with Crippen LogP contribution in [-0.2, 0) is 6.54 Å². The molecule has 0 aromatic heterocycles. The lowest BCUT2D eigenvalue weighted by molar-refractivity contribution is 0.119. The summed E-state index contributed by atoms with van der Waals surface area (Å²) < 4.78 is 0. The number of halogens is 1. The summed E-state index contributed by atoms with van der Waals surface area (Å²) in [5.41, 5.74) is 2.77. The molecule has 2 fully saturated rings. The number of guanidine groups is 1. The highest BCUT2D eigenvalue weighted by molar-refractivity contribution is 14.0. The second-order valence-electron chi connectivity index (χ2n) is 8.80. The van der Waals surface area contributed by atoms with Gasteiger partial charge in [0.1, 0.15) is 0 Å². The zero-order chi connectivity index (χ0) is 20.6. The third-order valence-electron chi connectivity index (χ3n) is 6.20. The van der Waals surface area contributed by atoms with Crippen LogP contribution in [0.3, 0.4) is 0 Å². The number of likely N-dealkylation sites (N-methyl/N-ethyl adjacent to an activating group) is 2. The fourth-order valence-electron chi connectivity index (χ4n) is 4.31. The molecular formula is C23H41IN6. The summed E-state index contributed by atoms with van der Waals surface area (Å²) >= 11 is 0. The van der Waals surface area contributed by atoms with E-state index in [9.17, 15) is 0 Å². The largest absolute Gasteiger partial charge is 0.357 e. The first-order valence-corrected chi connectivity index (χ1v) is 11.2. The number of piperidine rings is 1. The van der Waals surface area contributed by atoms with Crippen molar-refractivity contribution >= 4 is 29.9 Å². The number of hydrogen-bond donors (Lipinski definition) is 2. The molecule has 2 N–H and O–H groups in total. The third-order valence-corrected chi connectivity index (χ3v) is 6.20. The van der Waals surface area contributed by atoms with E-state index in [0.29, 0.717) is 12.1 Å². The van der Waals surface area contributed by atoms with Crippen molar-refractivity contribution in [3.63, 3.8) is 0 Å². The van der Waals surface area contributed by atoms with Gasteiger partial charge in [0.25, 0.3) is 0 Å². The molecule has 7 heteroatoms. The molecule has 170 valence electrons. The molecule has 3 rings (SSSR count). The molecule has 2 aliphatic heterocycles. The first-order valence-electron chi connectivity index (χ1n) is 11.2. The summed E-state index contributed by atoms with van der Waals surface area (Å²) in [7, 11) is 4.43. The number of rotatable bonds is 6. The Hall–Kier alpha value is -0.900. The van der Waals surface area contributed by atoms with Crippen molar-refractivity contribution in [2.24, 2.45) is 4.99 Å². The Morgan fingerprint density at radius 2 is 1.90 bits per heavy atom. The minimum Gasteiger partial charge on any atom is -0.357 e. The molecule has 1 atom stereocenters. The Morgan fingerprint density at radius 3 is 2.60 bits per heavy atom. The van der Waals surface area contributed by atoms with Crippen LogP contribution in [0.4, 0.5) is 0 Å². The highest BCUT2D eigenvalue weighted by Gasteiger charge is 2.23. The summed E-state index contributed by atoms with van der Waals surface area (Å²) in [5, 5.41) is 7.14. The first-order chi connectivity index (χ1) is 14.0. The van der Waals surface area contributed by atoms with Crippen LogP contribution in [0.1, 0.15) is 30.9 Å². The second-order valence-corrected chi connectivity index (χ2v) is 8.80. The van der Waals surface area contributed by atoms with Crippen molar-refractivity contribution in [3.8, 4) is 0 Å². The molecule has 0 amide bonds. The lowest BCUT2D eigenvalue weighted by Crippen LogP contribution is -2.52. The van der Waals surface area contributed by atoms with Crippen molar-refractivity contribution in [1.29, 1.82) is 0 Å². The van der Waals surface area contributed by atoms with E-state index >= 15 is 0 Å². The van der Waals surface area contributed by atoms with Gasteiger partial charge in [-0.3, -0.25) is 14.8 Å². The van der Waals surface area contributed by atoms with Gasteiger partial charge in [-0.25, -0.2) is 0 Å². The normalized spacial score (nSPS) is 22.5. The highest BCUT2D eigenvalue weighted by Crippen LogP contribution is 2.15. The molecule has 0 aliphatic carbocycles. The van der Waals surface area contributed by atoms with Crippen LogP contribution in [-0.4, -0.2) is 92.7 Å². The smallest absolute Gasteiger partial charge is 0.191 e. The van der Waals surface area contributed by atoms with E-state index in [1.807, 2.05) is 0 Å². The van der Waals surface area contributed by atoms with E-state index in [-0.39, 0.29) is 24.0 Å². The van der Waals surface area contributed by atoms with Gasteiger partial charge in [-0.2, -0.15) is 0 Å². The minimum absolute atomic E-state index is 0. The Morgan fingerprint density at radius 1 is 1.13 bits per heavy atom. The number of benzene rings is 1. The SMILES string of the molecule is CCNC(=NCC1CN(C)CCN1C)NC1CCN(Cc2cccc(C)c2)CC1.I. The van der Waals surface area contributed by atoms with Gasteiger partial charge in [0.2, 0.25) is 0 Å². The fourth-order valence-corrected chi connectivity index (χ4v) is 4.31. The zero-order valence-corrected chi connectivity index (χ0v) is 21.6. The van der Waals surface area contributed by atoms with E-state index < -0.39 is 0 Å². The number of aliphatic imine (C=N–C) groups is 1. The predicted molar refractivity (Wildman–Crippen MR) is 138 cm³/mol. The summed E-state index contributed by atoms with van der Waals surface area (Å²) in [6.07, 6.45) is 2.34. The number of piperazine rings is 1. The van der Waals surface area contributed by atoms with Crippen LogP contribution < -0.4 is 10.6 Å². The average Bonchev–Trinajstić information content (AvgIpc) is 2.70. The maximum atomic E-state index is 4.93. The molecule has 0 bridgehead atoms. The topological polar surface area (TPSA) is 46.1 Å². The van der Waals surface area contributed by atoms with E-state index in [0.717, 1.165) is 58.3 Å². The molecule has 2 aliphatic rings. The number of hydrogen-bond acceptors (Lipinski definition) is 4. The molecule has 0 spiro atoms. The molecule has 0 radical (unpaired) electrons. The van der Waals surface area contributed by atoms with Gasteiger partial charge in [0.15, 0.2) is 5.96 Å². The van der Waals surface area contributed by atoms with Crippen molar-refractivity contribution < 1.29 is 0 Å². The second kappa shape index (κ2) is 12.8. The van der Waals surface area contributed by atoms with Crippen LogP contribution in [0, 0.1) is 6.92 Å². The lowest BCUT2D eigenvalue weighted by Gasteiger charge is -2.37. The average molecular weight is 529 g/mol. The molecule has 6 nitrogen and oxygen atoms in total. The van der Waals surface area contributed by atoms with Crippen LogP contribution >= 0.6 is 24.0 Å². The Balaban J connectivity index is 0.00000320. The third kappa shape index (κ3) is 7.98. The van der Waals surface area contributed by atoms with Gasteiger partial charge >= 0.3 is 0 Å². The van der Waals surface area contributed by atoms with Crippen LogP contribution in [0.15, 0.2) is 29.3 Å². The quantitative estimate of drug-likeness (QED) is 0.338. The molecule has 0 saturated carbocycles. The van der Waals surface area contributed by atoms with E-state index in [2.05, 4.69) is 77.5 Å². The highest BCUT2D eigenvalue weighted by atomic mass is 127. The van der Waals surface area contributed by atoms with Gasteiger partial charge in [-0.15, -0.1) is 24.0 Å². The van der Waals surface area contributed by atoms with Crippen LogP contribution in [0.25, 0.3) is 0 Å². The molecule has 2 saturated heterocycles. The first kappa shape index (κ1) is 25.4. The summed E-state index contributed by atoms with van der Waals surface area (Å²) in [6.45, 7) is 12.8. The van der Waals surface area contributed by atoms with Gasteiger partial charge in [0.05, 0.1) is 6.54 Å². The molecule has 1 aromatic carbocycles. The summed E-state index contributed by atoms with van der Waals surface area (Å²) in [5.74, 6) is 0.978. The van der Waals surface area contributed by atoms with Crippen molar-refractivity contribution in [2.45, 2.75) is 45.3 Å². The maximum absolute atomic E-state index is 4.93. The van der Waals surface area contributed by atoms with Gasteiger partial charge in [-0.05, 0) is 46.3 Å². The van der Waals surface area contributed by atoms with Gasteiger partial charge in [0, 0.05) is 57.9 Å². The predicted octanol–water partition coefficient (Wildman–Crippen LogP) is 2.38. The van der Waals surface area contributed by atoms with E-state index in [1.54, 1.807) is 0 Å². The van der Waals surface area contributed by atoms with Gasteiger partial charge in [-0.1, -0.05) is 29.8 Å². The van der Waals surface area contributed by atoms with E-state index in [1.165, 1.54) is 24.0 Å². The fraction of sp³-hybridized carbons (Fsp3) is 0.696. The maximum Gasteiger partial charge on any atom is 0.191 e. The molecule has 2 heterocycles. The van der Waals surface area contributed by atoms with Crippen LogP contribution in [0.5, 0.6) is 0 Å². The number of nitrogens with zero attached hydrogens (tertiary/aromatic N) is 4. The minimum atomic E-state index is 0. The Bertz CT molecular complexity index is 659. The molecular weight excluding hydrogens is 487 g/mol. The standard InChI is InChI=1S/C23H40N6.HI/c1-5-24-23(25-16-22-18-27(3)13-14-28(22)4)26-21-9-11-29(12-10-21)17-20-8-6-7-19(2)15-20;/h6-8,15,21-22H,5,9-14,16-18H2,1-4H3,(H2,24,25,26);1H. The van der Waals surface area contributed by atoms with Gasteiger partial charge < -0.3 is 15.5 Å². The van der Waals surface area contributed by atoms with Crippen molar-refractivity contribution in [2.75, 3.05) is 59.9 Å². The summed E-state index contributed by atoms with van der Waals surface area (Å²) in [4.78, 5) is 12.3. The Kier molecular flexibility index (Phi) is 10.8. The number of likely N-dealkylation sites (tertiary alicyclic amines) is 1. The monoisotopic (exact) mass is 528 g/mol. The lowest BCUT2D eigenvalue weighted by atomic mass is 10.0. The Labute approximate surface area is 200 Å². The molecule has 1 aromatic rings. The zero-order valence-electron chi connectivity index (χ0n) is 19.2. The van der Waals surface area contributed by atoms with Crippen LogP contribution in [0.2, 0.25) is 0 Å². The number of nitrogens with one attached hydrogen (secondary N) is 2. The molecule has 1 unspecified atom stereocenters. The van der Waals surface area contributed by atoms with E-state index in [4.69, 9.17) is 4.99 Å². The molecule has 30 heavy (non-hydrogen) atoms. The van der Waals surface area contributed by atoms with Crippen molar-refractivity contribution in [1.82, 2.24) is 25.3 Å². The number of aryl methyl sites for hydroxylation is 1. The summed E-state index contributed by atoms with van der Waals surface area (Å²) in [6, 6.07) is 9.89.